The fourth-order valence-corrected chi connectivity index (χ4v) is 3.94. The summed E-state index contributed by atoms with van der Waals surface area (Å²) in [5.74, 6) is 0.341. The third-order valence-corrected chi connectivity index (χ3v) is 6.08. The van der Waals surface area contributed by atoms with Crippen molar-refractivity contribution in [1.29, 1.82) is 0 Å². The Bertz CT molecular complexity index is 1110. The van der Waals surface area contributed by atoms with Crippen molar-refractivity contribution >= 4 is 40.4 Å². The molecule has 1 aliphatic heterocycles. The number of anilines is 4. The first-order valence-corrected chi connectivity index (χ1v) is 11.2. The van der Waals surface area contributed by atoms with Crippen molar-refractivity contribution in [3.8, 4) is 0 Å². The number of carbonyl (C=O) groups excluding carboxylic acids is 1. The van der Waals surface area contributed by atoms with Crippen molar-refractivity contribution in [1.82, 2.24) is 24.7 Å². The van der Waals surface area contributed by atoms with Gasteiger partial charge in [-0.15, -0.1) is 0 Å². The molecule has 9 nitrogen and oxygen atoms in total. The van der Waals surface area contributed by atoms with Crippen molar-refractivity contribution in [2.24, 2.45) is 0 Å². The minimum absolute atomic E-state index is 0.273. The molecular formula is C23H28ClN7O2. The molecule has 3 heterocycles. The van der Waals surface area contributed by atoms with Crippen molar-refractivity contribution < 1.29 is 9.63 Å². The number of nitrogens with zero attached hydrogens (tertiary/aromatic N) is 5. The lowest BCUT2D eigenvalue weighted by Gasteiger charge is -2.28. The normalized spacial score (nSPS) is 14.8. The second kappa shape index (κ2) is 10.2. The van der Waals surface area contributed by atoms with Crippen molar-refractivity contribution in [2.45, 2.75) is 18.9 Å². The van der Waals surface area contributed by atoms with Crippen molar-refractivity contribution in [2.75, 3.05) is 44.9 Å². The largest absolute Gasteiger partial charge is 0.353 e. The summed E-state index contributed by atoms with van der Waals surface area (Å²) in [6, 6.07) is 9.39. The summed E-state index contributed by atoms with van der Waals surface area (Å²) in [6.45, 7) is 2.15. The molecule has 0 bridgehead atoms. The fraction of sp³-hybridized carbons (Fsp3) is 0.348. The van der Waals surface area contributed by atoms with Crippen LogP contribution in [0.15, 0.2) is 48.9 Å². The number of carbonyl (C=O) groups is 1. The Kier molecular flexibility index (Phi) is 7.12. The highest BCUT2D eigenvalue weighted by Gasteiger charge is 2.19. The quantitative estimate of drug-likeness (QED) is 0.498. The number of halogens is 1. The molecule has 1 amide bonds. The van der Waals surface area contributed by atoms with Crippen LogP contribution in [0.25, 0.3) is 0 Å². The van der Waals surface area contributed by atoms with Gasteiger partial charge in [-0.1, -0.05) is 23.7 Å². The fourth-order valence-electron chi connectivity index (χ4n) is 3.79. The molecule has 0 radical (unpaired) electrons. The van der Waals surface area contributed by atoms with Crippen molar-refractivity contribution in [3.05, 3.63) is 59.5 Å². The number of aromatic nitrogens is 3. The van der Waals surface area contributed by atoms with Crippen LogP contribution in [0, 0.1) is 0 Å². The molecular weight excluding hydrogens is 442 g/mol. The van der Waals surface area contributed by atoms with Crippen LogP contribution >= 0.6 is 11.6 Å². The maximum atomic E-state index is 12.6. The van der Waals surface area contributed by atoms with E-state index in [-0.39, 0.29) is 5.91 Å². The average Bonchev–Trinajstić information content (AvgIpc) is 3.29. The molecule has 0 unspecified atom stereocenters. The molecule has 0 atom stereocenters. The van der Waals surface area contributed by atoms with Gasteiger partial charge in [0.25, 0.3) is 5.91 Å². The summed E-state index contributed by atoms with van der Waals surface area (Å²) in [6.07, 6.45) is 7.55. The highest BCUT2D eigenvalue weighted by atomic mass is 35.5. The van der Waals surface area contributed by atoms with Crippen molar-refractivity contribution in [3.63, 3.8) is 0 Å². The maximum absolute atomic E-state index is 12.6. The van der Waals surface area contributed by atoms with Crippen LogP contribution in [0.5, 0.6) is 0 Å². The molecule has 1 saturated heterocycles. The smallest absolute Gasteiger partial charge is 0.279 e. The Balaban J connectivity index is 1.50. The van der Waals surface area contributed by atoms with Gasteiger partial charge in [0.05, 0.1) is 53.2 Å². The molecule has 4 rings (SSSR count). The maximum Gasteiger partial charge on any atom is 0.279 e. The van der Waals surface area contributed by atoms with E-state index >= 15 is 0 Å². The number of hydrogen-bond acceptors (Lipinski definition) is 7. The predicted octanol–water partition coefficient (Wildman–Crippen LogP) is 4.32. The first kappa shape index (κ1) is 23.0. The molecule has 0 saturated carbocycles. The van der Waals surface area contributed by atoms with Crippen LogP contribution in [0.2, 0.25) is 5.02 Å². The van der Waals surface area contributed by atoms with Gasteiger partial charge in [0, 0.05) is 19.3 Å². The Morgan fingerprint density at radius 1 is 1.18 bits per heavy atom. The number of piperidine rings is 1. The first-order valence-electron chi connectivity index (χ1n) is 10.8. The monoisotopic (exact) mass is 469 g/mol. The summed E-state index contributed by atoms with van der Waals surface area (Å²) in [5, 5.41) is 12.7. The van der Waals surface area contributed by atoms with Crippen LogP contribution in [-0.2, 0) is 4.84 Å². The minimum Gasteiger partial charge on any atom is -0.353 e. The van der Waals surface area contributed by atoms with Gasteiger partial charge in [-0.05, 0) is 45.1 Å². The zero-order chi connectivity index (χ0) is 23.4. The Morgan fingerprint density at radius 2 is 1.94 bits per heavy atom. The van der Waals surface area contributed by atoms with Gasteiger partial charge in [-0.25, -0.2) is 10.0 Å². The van der Waals surface area contributed by atoms with Crippen LogP contribution in [0.1, 0.15) is 29.2 Å². The predicted molar refractivity (Wildman–Crippen MR) is 129 cm³/mol. The number of hydrogen-bond donors (Lipinski definition) is 2. The second-order valence-electron chi connectivity index (χ2n) is 8.07. The highest BCUT2D eigenvalue weighted by molar-refractivity contribution is 6.33. The van der Waals surface area contributed by atoms with E-state index in [4.69, 9.17) is 16.4 Å². The SMILES string of the molecule is CON(C)C(=O)c1ccccc1Nc1cc(Nc2cnn(C3CCN(C)CC3)c2)ncc1Cl. The summed E-state index contributed by atoms with van der Waals surface area (Å²) < 4.78 is 2.03. The van der Waals surface area contributed by atoms with Gasteiger partial charge >= 0.3 is 0 Å². The number of amides is 1. The number of nitrogens with one attached hydrogen (secondary N) is 2. The second-order valence-corrected chi connectivity index (χ2v) is 8.48. The van der Waals surface area contributed by atoms with E-state index in [1.807, 2.05) is 23.0 Å². The van der Waals surface area contributed by atoms with Gasteiger partial charge in [0.15, 0.2) is 0 Å². The molecule has 2 N–H and O–H groups in total. The van der Waals surface area contributed by atoms with Gasteiger partial charge < -0.3 is 15.5 Å². The lowest BCUT2D eigenvalue weighted by molar-refractivity contribution is -0.0756. The van der Waals surface area contributed by atoms with E-state index in [0.29, 0.717) is 33.8 Å². The average molecular weight is 470 g/mol. The first-order chi connectivity index (χ1) is 15.9. The summed E-state index contributed by atoms with van der Waals surface area (Å²) in [5.41, 5.74) is 2.55. The summed E-state index contributed by atoms with van der Waals surface area (Å²) in [4.78, 5) is 24.4. The molecule has 0 spiro atoms. The van der Waals surface area contributed by atoms with Gasteiger partial charge in [0.2, 0.25) is 0 Å². The number of hydroxylamine groups is 2. The Labute approximate surface area is 198 Å². The highest BCUT2D eigenvalue weighted by Crippen LogP contribution is 2.30. The van der Waals surface area contributed by atoms with E-state index < -0.39 is 0 Å². The van der Waals surface area contributed by atoms with Crippen LogP contribution in [-0.4, -0.2) is 64.9 Å². The molecule has 1 aromatic carbocycles. The number of para-hydroxylation sites is 1. The van der Waals surface area contributed by atoms with Crippen LogP contribution in [0.4, 0.5) is 22.9 Å². The molecule has 33 heavy (non-hydrogen) atoms. The molecule has 1 fully saturated rings. The summed E-state index contributed by atoms with van der Waals surface area (Å²) in [7, 11) is 5.15. The number of pyridine rings is 1. The molecule has 1 aliphatic rings. The van der Waals surface area contributed by atoms with Gasteiger partial charge in [0.1, 0.15) is 5.82 Å². The minimum atomic E-state index is -0.273. The third-order valence-electron chi connectivity index (χ3n) is 5.78. The zero-order valence-corrected chi connectivity index (χ0v) is 19.7. The summed E-state index contributed by atoms with van der Waals surface area (Å²) >= 11 is 6.40. The lowest BCUT2D eigenvalue weighted by atomic mass is 10.1. The van der Waals surface area contributed by atoms with Crippen LogP contribution < -0.4 is 10.6 Å². The van der Waals surface area contributed by atoms with E-state index in [9.17, 15) is 4.79 Å². The molecule has 2 aromatic heterocycles. The third kappa shape index (κ3) is 5.44. The molecule has 10 heteroatoms. The van der Waals surface area contributed by atoms with E-state index in [1.54, 1.807) is 37.6 Å². The standard InChI is InChI=1S/C23H28ClN7O2/c1-29-10-8-17(9-11-29)31-15-16(13-26-31)27-22-12-21(19(24)14-25-22)28-20-7-5-4-6-18(20)23(32)30(2)33-3/h4-7,12-15,17H,8-11H2,1-3H3,(H2,25,27,28). The lowest BCUT2D eigenvalue weighted by Crippen LogP contribution is -2.31. The number of rotatable bonds is 7. The van der Waals surface area contributed by atoms with Gasteiger partial charge in [-0.3, -0.25) is 14.3 Å². The number of likely N-dealkylation sites (tertiary alicyclic amines) is 1. The number of benzene rings is 1. The topological polar surface area (TPSA) is 87.6 Å². The molecule has 174 valence electrons. The van der Waals surface area contributed by atoms with E-state index in [2.05, 4.69) is 32.7 Å². The van der Waals surface area contributed by atoms with E-state index in [0.717, 1.165) is 31.6 Å². The zero-order valence-electron chi connectivity index (χ0n) is 19.0. The Morgan fingerprint density at radius 3 is 2.70 bits per heavy atom. The molecule has 0 aliphatic carbocycles. The van der Waals surface area contributed by atoms with E-state index in [1.165, 1.54) is 12.2 Å². The van der Waals surface area contributed by atoms with Crippen LogP contribution in [0.3, 0.4) is 0 Å². The molecule has 3 aromatic rings. The Hall–Kier alpha value is -3.14. The van der Waals surface area contributed by atoms with Gasteiger partial charge in [-0.2, -0.15) is 5.10 Å².